The van der Waals surface area contributed by atoms with Crippen LogP contribution in [0.15, 0.2) is 4.21 Å². The summed E-state index contributed by atoms with van der Waals surface area (Å²) >= 11 is 1.02. The number of methoxy groups -OCH3 is 1. The molecule has 0 atom stereocenters. The zero-order valence-corrected chi connectivity index (χ0v) is 19.7. The van der Waals surface area contributed by atoms with Gasteiger partial charge in [0.05, 0.1) is 18.0 Å². The van der Waals surface area contributed by atoms with Crippen molar-refractivity contribution in [3.8, 4) is 0 Å². The first kappa shape index (κ1) is 22.3. The van der Waals surface area contributed by atoms with E-state index >= 15 is 0 Å². The molecule has 0 spiro atoms. The van der Waals surface area contributed by atoms with Gasteiger partial charge in [-0.25, -0.2) is 14.0 Å². The first-order valence-corrected chi connectivity index (χ1v) is 12.9. The Hall–Kier alpha value is -1.92. The summed E-state index contributed by atoms with van der Waals surface area (Å²) in [4.78, 5) is 22.0. The molecule has 2 amide bonds. The minimum Gasteiger partial charge on any atom is -0.383 e. The van der Waals surface area contributed by atoms with Crippen molar-refractivity contribution in [3.63, 3.8) is 0 Å². The zero-order valence-electron chi connectivity index (χ0n) is 17.9. The molecule has 11 heteroatoms. The number of pyridine rings is 1. The third kappa shape index (κ3) is 4.37. The van der Waals surface area contributed by atoms with Crippen molar-refractivity contribution in [2.75, 3.05) is 12.4 Å². The van der Waals surface area contributed by atoms with Gasteiger partial charge in [-0.1, -0.05) is 0 Å². The number of thiazole rings is 1. The molecule has 0 unspecified atom stereocenters. The molecule has 5 N–H and O–H groups in total. The molecule has 170 valence electrons. The van der Waals surface area contributed by atoms with Crippen LogP contribution in [0.2, 0.25) is 0 Å². The van der Waals surface area contributed by atoms with Crippen molar-refractivity contribution >= 4 is 33.4 Å². The van der Waals surface area contributed by atoms with Crippen molar-refractivity contribution in [3.05, 3.63) is 33.2 Å². The largest absolute Gasteiger partial charge is 0.383 e. The van der Waals surface area contributed by atoms with Crippen LogP contribution in [-0.4, -0.2) is 32.4 Å². The Bertz CT molecular complexity index is 1040. The molecule has 2 heterocycles. The zero-order chi connectivity index (χ0) is 22.4. The minimum atomic E-state index is -3.81. The van der Waals surface area contributed by atoms with E-state index < -0.39 is 21.9 Å². The van der Waals surface area contributed by atoms with E-state index in [2.05, 4.69) is 15.0 Å². The summed E-state index contributed by atoms with van der Waals surface area (Å²) in [6.45, 7) is 3.23. The van der Waals surface area contributed by atoms with Crippen LogP contribution in [0, 0.1) is 0 Å². The van der Waals surface area contributed by atoms with Crippen LogP contribution >= 0.6 is 11.3 Å². The third-order valence-electron chi connectivity index (χ3n) is 5.54. The number of aromatic nitrogens is 2. The predicted octanol–water partition coefficient (Wildman–Crippen LogP) is 1.88. The highest BCUT2D eigenvalue weighted by atomic mass is 32.3. The van der Waals surface area contributed by atoms with Crippen LogP contribution in [0.3, 0.4) is 0 Å². The van der Waals surface area contributed by atoms with Crippen LogP contribution in [-0.2, 0) is 52.9 Å². The number of nitrogens with two attached hydrogens (primary N) is 1. The lowest BCUT2D eigenvalue weighted by molar-refractivity contribution is 0.0776. The lowest BCUT2D eigenvalue weighted by atomic mass is 10.1. The molecule has 0 aliphatic heterocycles. The van der Waals surface area contributed by atoms with E-state index in [0.717, 1.165) is 78.1 Å². The Morgan fingerprint density at radius 2 is 1.81 bits per heavy atom. The van der Waals surface area contributed by atoms with Gasteiger partial charge in [0.25, 0.3) is 0 Å². The quantitative estimate of drug-likeness (QED) is 0.411. The van der Waals surface area contributed by atoms with Crippen molar-refractivity contribution in [1.29, 1.82) is 0 Å². The van der Waals surface area contributed by atoms with Crippen LogP contribution in [0.25, 0.3) is 0 Å². The Morgan fingerprint density at radius 1 is 1.19 bits per heavy atom. The molecule has 9 nitrogen and oxygen atoms in total. The number of nitrogens with zero attached hydrogens (tertiary/aromatic N) is 2. The highest BCUT2D eigenvalue weighted by Crippen LogP contribution is 2.37. The van der Waals surface area contributed by atoms with E-state index in [1.165, 1.54) is 7.11 Å². The molecule has 0 fully saturated rings. The van der Waals surface area contributed by atoms with Crippen LogP contribution in [0.5, 0.6) is 0 Å². The number of hydrogen-bond donors (Lipinski definition) is 5. The van der Waals surface area contributed by atoms with Crippen molar-refractivity contribution in [2.45, 2.75) is 68.8 Å². The molecule has 2 aromatic rings. The maximum atomic E-state index is 13.3. The number of carbonyl (C=O) groups is 1. The van der Waals surface area contributed by atoms with Gasteiger partial charge in [0.15, 0.2) is 0 Å². The fraction of sp³-hybridized carbons (Fsp3) is 0.550. The fourth-order valence-corrected chi connectivity index (χ4v) is 6.88. The molecule has 2 aromatic heterocycles. The van der Waals surface area contributed by atoms with Crippen LogP contribution < -0.4 is 15.2 Å². The molecule has 2 aliphatic rings. The summed E-state index contributed by atoms with van der Waals surface area (Å²) in [7, 11) is -2.32. The number of hydrogen-bond acceptors (Lipinski definition) is 7. The summed E-state index contributed by atoms with van der Waals surface area (Å²) < 4.78 is 21.2. The van der Waals surface area contributed by atoms with E-state index in [0.29, 0.717) is 10.7 Å². The average molecular weight is 468 g/mol. The lowest BCUT2D eigenvalue weighted by Crippen LogP contribution is -2.45. The van der Waals surface area contributed by atoms with Crippen molar-refractivity contribution in [2.24, 2.45) is 5.14 Å². The number of anilines is 1. The third-order valence-corrected chi connectivity index (χ3v) is 9.24. The van der Waals surface area contributed by atoms with Crippen molar-refractivity contribution < 1.29 is 18.8 Å². The number of fused-ring (bicyclic) bond motifs is 2. The normalized spacial score (nSPS) is 16.2. The standard InChI is InChI=1S/C20H29N5O4S2/c1-20(2,27)18-23-15(10-29-3)17(30-18)31(21,28)25-19(26)24-16-11-6-4-8-13(11)22-14-9-5-7-12(14)16/h27,31H,4-10H2,1-3H3,(H4,21,22,24,25,26,28). The highest BCUT2D eigenvalue weighted by molar-refractivity contribution is 8.01. The summed E-state index contributed by atoms with van der Waals surface area (Å²) in [5.41, 5.74) is 4.16. The van der Waals surface area contributed by atoms with E-state index in [9.17, 15) is 14.1 Å². The SMILES string of the molecule is COCc1nc(C(C)(C)O)sc1[SH](N)(=O)NC(=O)Nc1c2c(nc3c1CCC3)CCC2. The summed E-state index contributed by atoms with van der Waals surface area (Å²) in [5, 5.41) is 19.7. The molecule has 0 saturated carbocycles. The molecule has 2 aliphatic carbocycles. The number of carbonyl (C=O) groups excluding carboxylic acids is 1. The second-order valence-corrected chi connectivity index (χ2v) is 11.8. The Labute approximate surface area is 186 Å². The van der Waals surface area contributed by atoms with Gasteiger partial charge in [0, 0.05) is 28.8 Å². The maximum absolute atomic E-state index is 13.3. The Morgan fingerprint density at radius 3 is 2.35 bits per heavy atom. The van der Waals surface area contributed by atoms with Gasteiger partial charge in [-0.2, -0.15) is 0 Å². The second kappa shape index (κ2) is 8.21. The van der Waals surface area contributed by atoms with E-state index in [-0.39, 0.29) is 10.8 Å². The van der Waals surface area contributed by atoms with E-state index in [4.69, 9.17) is 14.9 Å². The molecular weight excluding hydrogens is 438 g/mol. The Kier molecular flexibility index (Phi) is 5.90. The number of rotatable bonds is 6. The van der Waals surface area contributed by atoms with Gasteiger partial charge in [-0.15, -0.1) is 11.3 Å². The first-order valence-electron chi connectivity index (χ1n) is 10.3. The van der Waals surface area contributed by atoms with Gasteiger partial charge < -0.3 is 15.2 Å². The minimum absolute atomic E-state index is 0.0672. The van der Waals surface area contributed by atoms with Crippen LogP contribution in [0.4, 0.5) is 10.5 Å². The number of nitrogens with one attached hydrogen (secondary N) is 2. The van der Waals surface area contributed by atoms with Crippen molar-refractivity contribution in [1.82, 2.24) is 14.7 Å². The van der Waals surface area contributed by atoms with E-state index in [1.54, 1.807) is 13.8 Å². The maximum Gasteiger partial charge on any atom is 0.330 e. The van der Waals surface area contributed by atoms with Gasteiger partial charge >= 0.3 is 6.03 Å². The van der Waals surface area contributed by atoms with Gasteiger partial charge in [0.2, 0.25) is 0 Å². The summed E-state index contributed by atoms with van der Waals surface area (Å²) in [6.07, 6.45) is 5.58. The molecule has 4 rings (SSSR count). The topological polar surface area (TPSA) is 139 Å². The number of urea groups is 1. The summed E-state index contributed by atoms with van der Waals surface area (Å²) in [5.74, 6) is 0. The number of aryl methyl sites for hydroxylation is 2. The van der Waals surface area contributed by atoms with Crippen LogP contribution in [0.1, 0.15) is 59.9 Å². The monoisotopic (exact) mass is 467 g/mol. The molecule has 0 radical (unpaired) electrons. The number of amides is 2. The summed E-state index contributed by atoms with van der Waals surface area (Å²) in [6, 6.07) is -0.623. The molecule has 0 aromatic carbocycles. The number of thiol groups is 1. The average Bonchev–Trinajstić information content (AvgIpc) is 3.39. The smallest absolute Gasteiger partial charge is 0.330 e. The van der Waals surface area contributed by atoms with Gasteiger partial charge in [-0.3, -0.25) is 14.8 Å². The second-order valence-electron chi connectivity index (χ2n) is 8.53. The Balaban J connectivity index is 1.60. The fourth-order valence-electron chi connectivity index (χ4n) is 4.18. The number of aliphatic hydroxyl groups is 1. The predicted molar refractivity (Wildman–Crippen MR) is 121 cm³/mol. The van der Waals surface area contributed by atoms with Gasteiger partial charge in [0.1, 0.15) is 14.8 Å². The molecule has 0 saturated heterocycles. The number of ether oxygens (including phenoxy) is 1. The van der Waals surface area contributed by atoms with Gasteiger partial charge in [-0.05, 0) is 63.5 Å². The highest BCUT2D eigenvalue weighted by Gasteiger charge is 2.30. The molecule has 0 bridgehead atoms. The molecule has 31 heavy (non-hydrogen) atoms. The van der Waals surface area contributed by atoms with E-state index in [1.807, 2.05) is 0 Å². The lowest BCUT2D eigenvalue weighted by Gasteiger charge is -2.22. The first-order chi connectivity index (χ1) is 14.6. The molecular formula is C20H29N5O4S2.